The molecule has 13 heavy (non-hydrogen) atoms. The maximum Gasteiger partial charge on any atom is -0.0121 e. The van der Waals surface area contributed by atoms with Gasteiger partial charge in [0.25, 0.3) is 0 Å². The molecular weight excluding hydrogens is 271 g/mol. The standard InChI is InChI=1S/C12H9I/c1-2-6-11(7-3-1)12-8-4-5-9-13-10-12/h1-8,10H. The lowest BCUT2D eigenvalue weighted by atomic mass is 10.1. The van der Waals surface area contributed by atoms with Gasteiger partial charge in [0.1, 0.15) is 0 Å². The van der Waals surface area contributed by atoms with Crippen molar-refractivity contribution in [1.29, 1.82) is 0 Å². The van der Waals surface area contributed by atoms with Crippen LogP contribution in [0.4, 0.5) is 0 Å². The molecule has 0 fully saturated rings. The van der Waals surface area contributed by atoms with Crippen LogP contribution < -0.4 is 0 Å². The number of hydrogen-bond donors (Lipinski definition) is 0. The van der Waals surface area contributed by atoms with Crippen molar-refractivity contribution < 1.29 is 0 Å². The lowest BCUT2D eigenvalue weighted by Crippen LogP contribution is -1.76. The van der Waals surface area contributed by atoms with Crippen LogP contribution in [0.3, 0.4) is 0 Å². The topological polar surface area (TPSA) is 0 Å². The van der Waals surface area contributed by atoms with Crippen LogP contribution in [-0.4, -0.2) is 3.67 Å². The average molecular weight is 280 g/mol. The van der Waals surface area contributed by atoms with Crippen LogP contribution in [0.1, 0.15) is 5.56 Å². The van der Waals surface area contributed by atoms with Crippen molar-refractivity contribution in [3.63, 3.8) is 0 Å². The lowest BCUT2D eigenvalue weighted by Gasteiger charge is -1.98. The first-order valence-corrected chi connectivity index (χ1v) is 6.42. The van der Waals surface area contributed by atoms with Crippen molar-refractivity contribution in [3.8, 4) is 0 Å². The van der Waals surface area contributed by atoms with Crippen LogP contribution in [0.15, 0.2) is 52.6 Å². The first-order valence-electron chi connectivity index (χ1n) is 4.10. The molecule has 0 bridgehead atoms. The molecule has 0 radical (unpaired) electrons. The highest BCUT2D eigenvalue weighted by Crippen LogP contribution is 2.20. The Morgan fingerprint density at radius 2 is 1.92 bits per heavy atom. The Kier molecular flexibility index (Phi) is 2.90. The van der Waals surface area contributed by atoms with Gasteiger partial charge < -0.3 is 0 Å². The van der Waals surface area contributed by atoms with Gasteiger partial charge in [0.2, 0.25) is 0 Å². The van der Waals surface area contributed by atoms with Gasteiger partial charge in [-0.05, 0) is 42.0 Å². The van der Waals surface area contributed by atoms with Gasteiger partial charge in [-0.2, -0.15) is 0 Å². The summed E-state index contributed by atoms with van der Waals surface area (Å²) in [5, 5.41) is 0. The second kappa shape index (κ2) is 4.35. The summed E-state index contributed by atoms with van der Waals surface area (Å²) in [6, 6.07) is 10.5. The van der Waals surface area contributed by atoms with Crippen molar-refractivity contribution >= 4 is 30.0 Å². The molecule has 1 heteroatoms. The monoisotopic (exact) mass is 280 g/mol. The normalized spacial score (nSPS) is 14.6. The first-order chi connectivity index (χ1) is 6.47. The summed E-state index contributed by atoms with van der Waals surface area (Å²) in [7, 11) is 0. The quantitative estimate of drug-likeness (QED) is 0.690. The van der Waals surface area contributed by atoms with Crippen LogP contribution in [0.2, 0.25) is 0 Å². The van der Waals surface area contributed by atoms with Crippen LogP contribution in [0.25, 0.3) is 5.57 Å². The van der Waals surface area contributed by atoms with Gasteiger partial charge in [0.15, 0.2) is 0 Å². The first kappa shape index (κ1) is 8.67. The maximum atomic E-state index is 3.27. The zero-order valence-electron chi connectivity index (χ0n) is 7.07. The van der Waals surface area contributed by atoms with Crippen LogP contribution in [-0.2, 0) is 0 Å². The van der Waals surface area contributed by atoms with Gasteiger partial charge >= 0.3 is 0 Å². The van der Waals surface area contributed by atoms with Gasteiger partial charge in [0, 0.05) is 0 Å². The molecule has 64 valence electrons. The third kappa shape index (κ3) is 2.27. The van der Waals surface area contributed by atoms with Crippen molar-refractivity contribution in [2.45, 2.75) is 0 Å². The second-order valence-corrected chi connectivity index (χ2v) is 4.54. The molecule has 0 unspecified atom stereocenters. The van der Waals surface area contributed by atoms with E-state index in [1.807, 2.05) is 12.1 Å². The molecule has 0 atom stereocenters. The zero-order valence-corrected chi connectivity index (χ0v) is 9.23. The van der Waals surface area contributed by atoms with Gasteiger partial charge in [-0.15, -0.1) is 0 Å². The number of benzene rings is 1. The van der Waals surface area contributed by atoms with Crippen molar-refractivity contribution in [2.24, 2.45) is 0 Å². The van der Waals surface area contributed by atoms with Gasteiger partial charge in [-0.3, -0.25) is 0 Å². The number of allylic oxidation sites excluding steroid dienone is 4. The Bertz CT molecular complexity index is 404. The lowest BCUT2D eigenvalue weighted by molar-refractivity contribution is 1.63. The van der Waals surface area contributed by atoms with Gasteiger partial charge in [-0.1, -0.05) is 46.2 Å². The summed E-state index contributed by atoms with van der Waals surface area (Å²) >= 11 is -0.00887. The summed E-state index contributed by atoms with van der Waals surface area (Å²) in [4.78, 5) is 0. The van der Waals surface area contributed by atoms with E-state index in [2.05, 4.69) is 44.2 Å². The molecule has 1 aliphatic rings. The highest BCUT2D eigenvalue weighted by atomic mass is 127. The molecule has 0 N–H and O–H groups in total. The molecule has 0 amide bonds. The summed E-state index contributed by atoms with van der Waals surface area (Å²) in [6.07, 6.45) is 6.22. The number of hydrogen-bond acceptors (Lipinski definition) is 0. The van der Waals surface area contributed by atoms with E-state index in [1.165, 1.54) is 11.1 Å². The van der Waals surface area contributed by atoms with Crippen LogP contribution in [0, 0.1) is 0 Å². The largest absolute Gasteiger partial charge is 0.0825 e. The van der Waals surface area contributed by atoms with Crippen molar-refractivity contribution in [2.75, 3.05) is 0 Å². The minimum Gasteiger partial charge on any atom is -0.0825 e. The maximum absolute atomic E-state index is 3.27. The fourth-order valence-electron chi connectivity index (χ4n) is 1.14. The molecule has 0 saturated heterocycles. The summed E-state index contributed by atoms with van der Waals surface area (Å²) in [6.45, 7) is 0. The average Bonchev–Trinajstić information content (AvgIpc) is 2.47. The number of halogens is 1. The third-order valence-electron chi connectivity index (χ3n) is 1.78. The van der Waals surface area contributed by atoms with E-state index in [0.717, 1.165) is 0 Å². The van der Waals surface area contributed by atoms with Crippen LogP contribution >= 0.6 is 20.7 Å². The fraction of sp³-hybridized carbons (Fsp3) is 0. The predicted molar refractivity (Wildman–Crippen MR) is 67.2 cm³/mol. The van der Waals surface area contributed by atoms with E-state index < -0.39 is 0 Å². The molecule has 0 aliphatic carbocycles. The fourth-order valence-corrected chi connectivity index (χ4v) is 2.64. The molecule has 0 aromatic heterocycles. The molecule has 2 rings (SSSR count). The molecule has 1 heterocycles. The van der Waals surface area contributed by atoms with E-state index in [1.54, 1.807) is 0 Å². The SMILES string of the molecule is C1=CC=CC(c2ccccc2)=CI=1. The minimum atomic E-state index is -0.00887. The van der Waals surface area contributed by atoms with E-state index in [9.17, 15) is 0 Å². The van der Waals surface area contributed by atoms with E-state index in [0.29, 0.717) is 0 Å². The molecule has 1 aromatic carbocycles. The molecular formula is C12H9I. The Hall–Kier alpha value is -0.920. The molecule has 1 aromatic rings. The van der Waals surface area contributed by atoms with Crippen LogP contribution in [0.5, 0.6) is 0 Å². The smallest absolute Gasteiger partial charge is 0.0121 e. The molecule has 1 aliphatic heterocycles. The number of rotatable bonds is 1. The van der Waals surface area contributed by atoms with Crippen molar-refractivity contribution in [3.05, 3.63) is 58.2 Å². The predicted octanol–water partition coefficient (Wildman–Crippen LogP) is 3.53. The van der Waals surface area contributed by atoms with E-state index in [-0.39, 0.29) is 20.7 Å². The molecule has 0 nitrogen and oxygen atoms in total. The molecule has 0 saturated carbocycles. The highest BCUT2D eigenvalue weighted by Gasteiger charge is 1.95. The molecule has 0 spiro atoms. The van der Waals surface area contributed by atoms with E-state index in [4.69, 9.17) is 0 Å². The third-order valence-corrected chi connectivity index (χ3v) is 3.48. The van der Waals surface area contributed by atoms with Gasteiger partial charge in [0.05, 0.1) is 0 Å². The summed E-state index contributed by atoms with van der Waals surface area (Å²) < 4.78 is 5.57. The summed E-state index contributed by atoms with van der Waals surface area (Å²) in [5.74, 6) is 0. The van der Waals surface area contributed by atoms with Gasteiger partial charge in [-0.25, -0.2) is 0 Å². The Labute approximate surface area is 88.0 Å². The highest BCUT2D eigenvalue weighted by molar-refractivity contribution is 14.2. The Morgan fingerprint density at radius 3 is 2.77 bits per heavy atom. The Balaban J connectivity index is 2.39. The minimum absolute atomic E-state index is 0.00887. The second-order valence-electron chi connectivity index (χ2n) is 2.67. The summed E-state index contributed by atoms with van der Waals surface area (Å²) in [5.41, 5.74) is 2.63. The van der Waals surface area contributed by atoms with Crippen molar-refractivity contribution in [1.82, 2.24) is 0 Å². The van der Waals surface area contributed by atoms with E-state index >= 15 is 0 Å². The Morgan fingerprint density at radius 1 is 1.08 bits per heavy atom. The zero-order chi connectivity index (χ0) is 8.93.